The molecule has 0 heterocycles. The topological polar surface area (TPSA) is 105 Å². The van der Waals surface area contributed by atoms with Crippen molar-refractivity contribution in [2.45, 2.75) is 95.6 Å². The van der Waals surface area contributed by atoms with Gasteiger partial charge in [0.15, 0.2) is 11.5 Å². The van der Waals surface area contributed by atoms with E-state index < -0.39 is 17.0 Å². The van der Waals surface area contributed by atoms with Gasteiger partial charge in [0.05, 0.1) is 12.7 Å². The number of fused-ring (bicyclic) bond motifs is 3. The van der Waals surface area contributed by atoms with Gasteiger partial charge in [-0.05, 0) is 95.0 Å². The summed E-state index contributed by atoms with van der Waals surface area (Å²) < 4.78 is 11.4. The van der Waals surface area contributed by atoms with E-state index in [1.54, 1.807) is 33.1 Å². The van der Waals surface area contributed by atoms with Crippen molar-refractivity contribution in [3.8, 4) is 11.5 Å². The number of imide groups is 1. The molecule has 0 radical (unpaired) electrons. The van der Waals surface area contributed by atoms with Crippen molar-refractivity contribution in [2.24, 2.45) is 5.92 Å². The lowest BCUT2D eigenvalue weighted by Crippen LogP contribution is -2.63. The van der Waals surface area contributed by atoms with E-state index >= 15 is 0 Å². The normalized spacial score (nSPS) is 26.4. The van der Waals surface area contributed by atoms with Crippen molar-refractivity contribution in [3.05, 3.63) is 35.4 Å². The first-order valence-corrected chi connectivity index (χ1v) is 14.0. The first-order chi connectivity index (χ1) is 18.2. The number of benzene rings is 1. The smallest absolute Gasteiger partial charge is 0.308 e. The van der Waals surface area contributed by atoms with Crippen molar-refractivity contribution < 1.29 is 29.0 Å². The Labute approximate surface area is 225 Å². The van der Waals surface area contributed by atoms with Crippen LogP contribution in [0.2, 0.25) is 0 Å². The third-order valence-electron chi connectivity index (χ3n) is 8.66. The average molecular weight is 527 g/mol. The molecule has 8 nitrogen and oxygen atoms in total. The molecule has 2 N–H and O–H groups in total. The van der Waals surface area contributed by atoms with Crippen molar-refractivity contribution in [3.63, 3.8) is 0 Å². The van der Waals surface area contributed by atoms with Gasteiger partial charge in [-0.25, -0.2) is 0 Å². The van der Waals surface area contributed by atoms with Gasteiger partial charge in [0.2, 0.25) is 5.91 Å². The highest BCUT2D eigenvalue weighted by atomic mass is 16.6. The van der Waals surface area contributed by atoms with Gasteiger partial charge in [-0.2, -0.15) is 0 Å². The Morgan fingerprint density at radius 2 is 1.97 bits per heavy atom. The van der Waals surface area contributed by atoms with E-state index in [1.165, 1.54) is 30.7 Å². The van der Waals surface area contributed by atoms with Gasteiger partial charge in [-0.3, -0.25) is 19.3 Å². The SMILES string of the molecule is C/C=C/C(=O)N(C(=O)CC)C1CCC2(O)CCc3ccc(OC(C)=O)c(OC)c3[C@@]2(CCNCC2CC2)C1. The molecular formula is C30H42N2O6. The standard InChI is InChI=1S/C30H42N2O6/c1-5-7-26(35)32(25(34)6-2)23-13-15-30(36)14-12-22-10-11-24(38-20(3)33)28(37-4)27(22)29(30,18-23)16-17-31-19-21-8-9-21/h5,7,10-11,21,23,31,36H,6,8-9,12-19H2,1-4H3/b7-5+/t23?,29-,30?/m1/s1. The zero-order valence-corrected chi connectivity index (χ0v) is 23.2. The fraction of sp³-hybridized carbons (Fsp3) is 0.633. The predicted molar refractivity (Wildman–Crippen MR) is 144 cm³/mol. The number of aliphatic hydroxyl groups is 1. The van der Waals surface area contributed by atoms with Crippen LogP contribution in [0.5, 0.6) is 11.5 Å². The lowest BCUT2D eigenvalue weighted by molar-refractivity contribution is -0.152. The van der Waals surface area contributed by atoms with Gasteiger partial charge in [-0.15, -0.1) is 0 Å². The molecule has 0 saturated heterocycles. The zero-order valence-electron chi connectivity index (χ0n) is 23.2. The van der Waals surface area contributed by atoms with E-state index in [4.69, 9.17) is 9.47 Å². The van der Waals surface area contributed by atoms with E-state index in [0.29, 0.717) is 62.5 Å². The second kappa shape index (κ2) is 11.6. The van der Waals surface area contributed by atoms with E-state index in [9.17, 15) is 19.5 Å². The summed E-state index contributed by atoms with van der Waals surface area (Å²) in [6.07, 6.45) is 9.04. The molecule has 2 saturated carbocycles. The number of rotatable bonds is 10. The van der Waals surface area contributed by atoms with Crippen molar-refractivity contribution in [2.75, 3.05) is 20.2 Å². The third-order valence-corrected chi connectivity index (χ3v) is 8.66. The Bertz CT molecular complexity index is 1100. The monoisotopic (exact) mass is 526 g/mol. The molecule has 0 aliphatic heterocycles. The quantitative estimate of drug-likeness (QED) is 0.207. The molecule has 0 spiro atoms. The second-order valence-electron chi connectivity index (χ2n) is 11.1. The number of ether oxygens (including phenoxy) is 2. The molecule has 3 aliphatic carbocycles. The van der Waals surface area contributed by atoms with Gasteiger partial charge in [0.1, 0.15) is 0 Å². The van der Waals surface area contributed by atoms with Crippen LogP contribution in [0.4, 0.5) is 0 Å². The molecule has 3 aliphatic rings. The summed E-state index contributed by atoms with van der Waals surface area (Å²) in [6, 6.07) is 3.34. The van der Waals surface area contributed by atoms with Gasteiger partial charge >= 0.3 is 5.97 Å². The minimum atomic E-state index is -1.05. The fourth-order valence-corrected chi connectivity index (χ4v) is 6.66. The van der Waals surface area contributed by atoms with E-state index in [2.05, 4.69) is 5.32 Å². The molecule has 2 amide bonds. The van der Waals surface area contributed by atoms with Crippen LogP contribution < -0.4 is 14.8 Å². The van der Waals surface area contributed by atoms with Crippen LogP contribution in [-0.2, 0) is 26.2 Å². The Hall–Kier alpha value is -2.71. The van der Waals surface area contributed by atoms with E-state index in [-0.39, 0.29) is 24.3 Å². The summed E-state index contributed by atoms with van der Waals surface area (Å²) in [4.78, 5) is 39.5. The minimum Gasteiger partial charge on any atom is -0.493 e. The molecular weight excluding hydrogens is 484 g/mol. The molecule has 1 aromatic carbocycles. The van der Waals surface area contributed by atoms with Crippen molar-refractivity contribution >= 4 is 17.8 Å². The third kappa shape index (κ3) is 5.38. The molecule has 0 aromatic heterocycles. The van der Waals surface area contributed by atoms with Crippen LogP contribution in [0.1, 0.15) is 83.3 Å². The van der Waals surface area contributed by atoms with Crippen LogP contribution in [0, 0.1) is 5.92 Å². The number of carbonyl (C=O) groups excluding carboxylic acids is 3. The summed E-state index contributed by atoms with van der Waals surface area (Å²) in [5.41, 5.74) is 0.0281. The molecule has 38 heavy (non-hydrogen) atoms. The number of amides is 2. The van der Waals surface area contributed by atoms with Crippen molar-refractivity contribution in [1.29, 1.82) is 0 Å². The Balaban J connectivity index is 1.83. The maximum Gasteiger partial charge on any atom is 0.308 e. The largest absolute Gasteiger partial charge is 0.493 e. The van der Waals surface area contributed by atoms with Gasteiger partial charge in [0, 0.05) is 30.4 Å². The lowest BCUT2D eigenvalue weighted by Gasteiger charge is -2.57. The number of hydrogen-bond donors (Lipinski definition) is 2. The number of nitrogens with one attached hydrogen (secondary N) is 1. The number of aryl methyl sites for hydroxylation is 1. The van der Waals surface area contributed by atoms with Gasteiger partial charge < -0.3 is 19.9 Å². The second-order valence-corrected chi connectivity index (χ2v) is 11.1. The minimum absolute atomic E-state index is 0.219. The van der Waals surface area contributed by atoms with Gasteiger partial charge in [-0.1, -0.05) is 19.1 Å². The molecule has 8 heteroatoms. The van der Waals surface area contributed by atoms with Gasteiger partial charge in [0.25, 0.3) is 5.91 Å². The van der Waals surface area contributed by atoms with E-state index in [1.807, 2.05) is 6.07 Å². The highest BCUT2D eigenvalue weighted by Gasteiger charge is 2.59. The summed E-state index contributed by atoms with van der Waals surface area (Å²) >= 11 is 0. The maximum absolute atomic E-state index is 13.1. The highest BCUT2D eigenvalue weighted by Crippen LogP contribution is 2.59. The molecule has 3 atom stereocenters. The first-order valence-electron chi connectivity index (χ1n) is 14.0. The number of nitrogens with zero attached hydrogens (tertiary/aromatic N) is 1. The average Bonchev–Trinajstić information content (AvgIpc) is 3.71. The first kappa shape index (κ1) is 28.3. The van der Waals surface area contributed by atoms with Crippen molar-refractivity contribution in [1.82, 2.24) is 10.2 Å². The predicted octanol–water partition coefficient (Wildman–Crippen LogP) is 3.82. The highest BCUT2D eigenvalue weighted by molar-refractivity contribution is 6.01. The molecule has 1 aromatic rings. The Morgan fingerprint density at radius 3 is 2.61 bits per heavy atom. The summed E-state index contributed by atoms with van der Waals surface area (Å²) in [5, 5.41) is 15.9. The van der Waals surface area contributed by atoms with Crippen LogP contribution >= 0.6 is 0 Å². The zero-order chi connectivity index (χ0) is 27.5. The lowest BCUT2D eigenvalue weighted by atomic mass is 9.51. The Morgan fingerprint density at radius 1 is 1.21 bits per heavy atom. The summed E-state index contributed by atoms with van der Waals surface area (Å²) in [7, 11) is 1.55. The van der Waals surface area contributed by atoms with Crippen LogP contribution in [0.25, 0.3) is 0 Å². The van der Waals surface area contributed by atoms with E-state index in [0.717, 1.165) is 17.7 Å². The molecule has 2 fully saturated rings. The molecule has 2 unspecified atom stereocenters. The summed E-state index contributed by atoms with van der Waals surface area (Å²) in [5.74, 6) is 0.488. The Kier molecular flexibility index (Phi) is 8.62. The number of carbonyl (C=O) groups is 3. The fourth-order valence-electron chi connectivity index (χ4n) is 6.66. The maximum atomic E-state index is 13.1. The number of methoxy groups -OCH3 is 1. The number of hydrogen-bond acceptors (Lipinski definition) is 7. The number of allylic oxidation sites excluding steroid dienone is 1. The van der Waals surface area contributed by atoms with Crippen LogP contribution in [0.3, 0.4) is 0 Å². The molecule has 0 bridgehead atoms. The summed E-state index contributed by atoms with van der Waals surface area (Å²) in [6.45, 7) is 6.49. The van der Waals surface area contributed by atoms with Crippen LogP contribution in [-0.4, -0.2) is 59.6 Å². The molecule has 208 valence electrons. The molecule has 4 rings (SSSR count). The van der Waals surface area contributed by atoms with Crippen LogP contribution in [0.15, 0.2) is 24.3 Å². The number of esters is 1.